The van der Waals surface area contributed by atoms with Gasteiger partial charge in [-0.05, 0) is 30.5 Å². The molecular formula is C17H23N3O3. The van der Waals surface area contributed by atoms with Crippen molar-refractivity contribution in [2.24, 2.45) is 5.92 Å². The van der Waals surface area contributed by atoms with Crippen molar-refractivity contribution in [3.8, 4) is 0 Å². The molecule has 1 aliphatic heterocycles. The fraction of sp³-hybridized carbons (Fsp3) is 0.471. The lowest BCUT2D eigenvalue weighted by Gasteiger charge is -2.30. The Morgan fingerprint density at radius 2 is 1.70 bits per heavy atom. The van der Waals surface area contributed by atoms with E-state index in [-0.39, 0.29) is 23.6 Å². The first-order valence-electron chi connectivity index (χ1n) is 7.85. The number of carbonyl (C=O) groups excluding carboxylic acids is 3. The van der Waals surface area contributed by atoms with Crippen molar-refractivity contribution in [2.45, 2.75) is 33.2 Å². The fourth-order valence-corrected chi connectivity index (χ4v) is 2.70. The summed E-state index contributed by atoms with van der Waals surface area (Å²) in [6.07, 6.45) is 1.43. The predicted molar refractivity (Wildman–Crippen MR) is 87.6 cm³/mol. The molecule has 124 valence electrons. The molecule has 0 radical (unpaired) electrons. The number of piperidine rings is 1. The summed E-state index contributed by atoms with van der Waals surface area (Å²) in [6.45, 7) is 4.79. The second-order valence-electron chi connectivity index (χ2n) is 5.88. The van der Waals surface area contributed by atoms with Gasteiger partial charge < -0.3 is 15.5 Å². The van der Waals surface area contributed by atoms with Crippen LogP contribution in [0, 0.1) is 5.92 Å². The summed E-state index contributed by atoms with van der Waals surface area (Å²) in [7, 11) is 0. The van der Waals surface area contributed by atoms with Crippen molar-refractivity contribution in [3.05, 3.63) is 29.8 Å². The van der Waals surface area contributed by atoms with E-state index in [0.717, 1.165) is 11.3 Å². The van der Waals surface area contributed by atoms with E-state index in [1.807, 2.05) is 24.3 Å². The molecule has 6 heteroatoms. The number of likely N-dealkylation sites (tertiary alicyclic amines) is 1. The highest BCUT2D eigenvalue weighted by molar-refractivity contribution is 5.88. The Morgan fingerprint density at radius 3 is 2.22 bits per heavy atom. The molecule has 1 saturated heterocycles. The van der Waals surface area contributed by atoms with Crippen LogP contribution in [0.1, 0.15) is 32.3 Å². The predicted octanol–water partition coefficient (Wildman–Crippen LogP) is 1.52. The van der Waals surface area contributed by atoms with Crippen LogP contribution in [0.5, 0.6) is 0 Å². The van der Waals surface area contributed by atoms with Crippen LogP contribution < -0.4 is 10.6 Å². The summed E-state index contributed by atoms with van der Waals surface area (Å²) >= 11 is 0. The third-order valence-corrected chi connectivity index (χ3v) is 4.05. The number of nitrogens with one attached hydrogen (secondary N) is 2. The van der Waals surface area contributed by atoms with Gasteiger partial charge in [-0.3, -0.25) is 14.4 Å². The monoisotopic (exact) mass is 317 g/mol. The lowest BCUT2D eigenvalue weighted by atomic mass is 9.96. The second-order valence-corrected chi connectivity index (χ2v) is 5.88. The van der Waals surface area contributed by atoms with Crippen molar-refractivity contribution in [3.63, 3.8) is 0 Å². The summed E-state index contributed by atoms with van der Waals surface area (Å²) < 4.78 is 0. The molecule has 6 nitrogen and oxygen atoms in total. The minimum Gasteiger partial charge on any atom is -0.352 e. The Morgan fingerprint density at radius 1 is 1.09 bits per heavy atom. The highest BCUT2D eigenvalue weighted by Crippen LogP contribution is 2.17. The Kier molecular flexibility index (Phi) is 5.73. The molecule has 1 aromatic carbocycles. The average Bonchev–Trinajstić information content (AvgIpc) is 2.53. The molecule has 0 bridgehead atoms. The highest BCUT2D eigenvalue weighted by Gasteiger charge is 2.25. The third-order valence-electron chi connectivity index (χ3n) is 4.05. The maximum Gasteiger partial charge on any atom is 0.223 e. The maximum atomic E-state index is 12.2. The molecule has 23 heavy (non-hydrogen) atoms. The molecule has 1 fully saturated rings. The first-order chi connectivity index (χ1) is 11.0. The van der Waals surface area contributed by atoms with Gasteiger partial charge in [-0.2, -0.15) is 0 Å². The van der Waals surface area contributed by atoms with Crippen molar-refractivity contribution >= 4 is 23.4 Å². The number of hydrogen-bond donors (Lipinski definition) is 2. The largest absolute Gasteiger partial charge is 0.352 e. The lowest BCUT2D eigenvalue weighted by molar-refractivity contribution is -0.134. The zero-order valence-electron chi connectivity index (χ0n) is 13.6. The number of anilines is 1. The van der Waals surface area contributed by atoms with E-state index in [0.29, 0.717) is 32.5 Å². The normalized spacial score (nSPS) is 15.1. The van der Waals surface area contributed by atoms with Gasteiger partial charge in [0.25, 0.3) is 0 Å². The van der Waals surface area contributed by atoms with Gasteiger partial charge in [0, 0.05) is 45.1 Å². The summed E-state index contributed by atoms with van der Waals surface area (Å²) in [6, 6.07) is 7.39. The Hall–Kier alpha value is -2.37. The van der Waals surface area contributed by atoms with Crippen molar-refractivity contribution in [1.82, 2.24) is 10.2 Å². The van der Waals surface area contributed by atoms with Gasteiger partial charge in [0.05, 0.1) is 0 Å². The van der Waals surface area contributed by atoms with Gasteiger partial charge >= 0.3 is 0 Å². The Balaban J connectivity index is 1.78. The average molecular weight is 317 g/mol. The molecule has 1 aromatic rings. The van der Waals surface area contributed by atoms with Crippen molar-refractivity contribution in [1.29, 1.82) is 0 Å². The standard InChI is InChI=1S/C17H23N3O3/c1-12(21)19-16-5-3-14(4-6-16)11-18-17(23)15-7-9-20(10-8-15)13(2)22/h3-6,15H,7-11H2,1-2H3,(H,18,23)(H,19,21). The van der Waals surface area contributed by atoms with E-state index >= 15 is 0 Å². The van der Waals surface area contributed by atoms with E-state index in [9.17, 15) is 14.4 Å². The molecule has 1 heterocycles. The van der Waals surface area contributed by atoms with Crippen LogP contribution in [0.3, 0.4) is 0 Å². The first kappa shape index (κ1) is 17.0. The van der Waals surface area contributed by atoms with Gasteiger partial charge in [0.2, 0.25) is 17.7 Å². The number of benzene rings is 1. The summed E-state index contributed by atoms with van der Waals surface area (Å²) in [5, 5.41) is 5.65. The van der Waals surface area contributed by atoms with E-state index in [1.54, 1.807) is 11.8 Å². The summed E-state index contributed by atoms with van der Waals surface area (Å²) in [5.74, 6) is -0.0190. The number of carbonyl (C=O) groups is 3. The fourth-order valence-electron chi connectivity index (χ4n) is 2.70. The SMILES string of the molecule is CC(=O)Nc1ccc(CNC(=O)C2CCN(C(C)=O)CC2)cc1. The lowest BCUT2D eigenvalue weighted by Crippen LogP contribution is -2.42. The van der Waals surface area contributed by atoms with Gasteiger partial charge in [0.1, 0.15) is 0 Å². The van der Waals surface area contributed by atoms with Gasteiger partial charge in [0.15, 0.2) is 0 Å². The topological polar surface area (TPSA) is 78.5 Å². The van der Waals surface area contributed by atoms with Crippen molar-refractivity contribution in [2.75, 3.05) is 18.4 Å². The Bertz CT molecular complexity index is 575. The molecule has 0 aliphatic carbocycles. The zero-order valence-corrected chi connectivity index (χ0v) is 13.6. The molecular weight excluding hydrogens is 294 g/mol. The van der Waals surface area contributed by atoms with Gasteiger partial charge in [-0.1, -0.05) is 12.1 Å². The summed E-state index contributed by atoms with van der Waals surface area (Å²) in [5.41, 5.74) is 1.72. The highest BCUT2D eigenvalue weighted by atomic mass is 16.2. The first-order valence-corrected chi connectivity index (χ1v) is 7.85. The van der Waals surface area contributed by atoms with Crippen LogP contribution in [0.2, 0.25) is 0 Å². The van der Waals surface area contributed by atoms with E-state index < -0.39 is 0 Å². The van der Waals surface area contributed by atoms with E-state index in [2.05, 4.69) is 10.6 Å². The van der Waals surface area contributed by atoms with Crippen molar-refractivity contribution < 1.29 is 14.4 Å². The number of hydrogen-bond acceptors (Lipinski definition) is 3. The molecule has 0 atom stereocenters. The molecule has 0 aromatic heterocycles. The van der Waals surface area contributed by atoms with E-state index in [4.69, 9.17) is 0 Å². The number of amides is 3. The van der Waals surface area contributed by atoms with Crippen LogP contribution in [-0.2, 0) is 20.9 Å². The number of nitrogens with zero attached hydrogens (tertiary/aromatic N) is 1. The molecule has 0 saturated carbocycles. The third kappa shape index (κ3) is 5.09. The zero-order chi connectivity index (χ0) is 16.8. The summed E-state index contributed by atoms with van der Waals surface area (Å²) in [4.78, 5) is 36.2. The van der Waals surface area contributed by atoms with Gasteiger partial charge in [-0.15, -0.1) is 0 Å². The van der Waals surface area contributed by atoms with Crippen LogP contribution in [0.4, 0.5) is 5.69 Å². The number of rotatable bonds is 4. The maximum absolute atomic E-state index is 12.2. The minimum absolute atomic E-state index is 0.0238. The van der Waals surface area contributed by atoms with Crippen LogP contribution in [-0.4, -0.2) is 35.7 Å². The smallest absolute Gasteiger partial charge is 0.223 e. The molecule has 2 N–H and O–H groups in total. The molecule has 0 unspecified atom stereocenters. The molecule has 0 spiro atoms. The van der Waals surface area contributed by atoms with E-state index in [1.165, 1.54) is 6.92 Å². The molecule has 1 aliphatic rings. The minimum atomic E-state index is -0.108. The quantitative estimate of drug-likeness (QED) is 0.884. The van der Waals surface area contributed by atoms with Crippen LogP contribution in [0.15, 0.2) is 24.3 Å². The Labute approximate surface area is 136 Å². The van der Waals surface area contributed by atoms with Crippen LogP contribution >= 0.6 is 0 Å². The second kappa shape index (κ2) is 7.76. The van der Waals surface area contributed by atoms with Crippen LogP contribution in [0.25, 0.3) is 0 Å². The molecule has 2 rings (SSSR count). The van der Waals surface area contributed by atoms with Gasteiger partial charge in [-0.25, -0.2) is 0 Å². The molecule has 3 amide bonds.